The Morgan fingerprint density at radius 2 is 2.09 bits per heavy atom. The Morgan fingerprint density at radius 1 is 1.36 bits per heavy atom. The summed E-state index contributed by atoms with van der Waals surface area (Å²) in [6.07, 6.45) is 1.41. The van der Waals surface area contributed by atoms with Crippen molar-refractivity contribution in [2.24, 2.45) is 7.05 Å². The molecule has 1 N–H and O–H groups in total. The van der Waals surface area contributed by atoms with Crippen LogP contribution >= 0.6 is 0 Å². The smallest absolute Gasteiger partial charge is 0.387 e. The van der Waals surface area contributed by atoms with Crippen molar-refractivity contribution in [2.75, 3.05) is 11.8 Å². The van der Waals surface area contributed by atoms with Gasteiger partial charge in [0.2, 0.25) is 0 Å². The van der Waals surface area contributed by atoms with Gasteiger partial charge in [-0.25, -0.2) is 8.42 Å². The first-order valence-electron chi connectivity index (χ1n) is 5.97. The standard InChI is InChI=1S/C12H13F2N3O4S/c1-17-7-10(11(15-17)20-2)16-22(18,19)9-5-3-4-8(6-9)21-12(13)14/h3-7,12,16H,1-2H3. The van der Waals surface area contributed by atoms with Gasteiger partial charge in [0.1, 0.15) is 11.4 Å². The van der Waals surface area contributed by atoms with Crippen molar-refractivity contribution in [1.82, 2.24) is 9.78 Å². The molecule has 1 heterocycles. The maximum atomic E-state index is 12.3. The van der Waals surface area contributed by atoms with Gasteiger partial charge < -0.3 is 9.47 Å². The van der Waals surface area contributed by atoms with Crippen LogP contribution in [0.15, 0.2) is 35.4 Å². The summed E-state index contributed by atoms with van der Waals surface area (Å²) >= 11 is 0. The van der Waals surface area contributed by atoms with E-state index >= 15 is 0 Å². The van der Waals surface area contributed by atoms with Gasteiger partial charge in [0.25, 0.3) is 15.9 Å². The minimum Gasteiger partial charge on any atom is -0.478 e. The average Bonchev–Trinajstić information content (AvgIpc) is 2.77. The van der Waals surface area contributed by atoms with Gasteiger partial charge in [0.05, 0.1) is 18.2 Å². The third kappa shape index (κ3) is 3.64. The van der Waals surface area contributed by atoms with Gasteiger partial charge in [-0.3, -0.25) is 9.40 Å². The predicted octanol–water partition coefficient (Wildman–Crippen LogP) is 1.83. The third-order valence-electron chi connectivity index (χ3n) is 2.57. The van der Waals surface area contributed by atoms with Crippen molar-refractivity contribution in [3.05, 3.63) is 30.5 Å². The van der Waals surface area contributed by atoms with Crippen LogP contribution in [0.25, 0.3) is 0 Å². The zero-order valence-electron chi connectivity index (χ0n) is 11.7. The molecule has 120 valence electrons. The number of nitrogens with one attached hydrogen (secondary N) is 1. The molecule has 22 heavy (non-hydrogen) atoms. The van der Waals surface area contributed by atoms with E-state index < -0.39 is 16.6 Å². The molecule has 1 aromatic heterocycles. The first kappa shape index (κ1) is 16.0. The van der Waals surface area contributed by atoms with Gasteiger partial charge in [-0.1, -0.05) is 6.07 Å². The van der Waals surface area contributed by atoms with Gasteiger partial charge in [-0.05, 0) is 12.1 Å². The van der Waals surface area contributed by atoms with E-state index in [1.807, 2.05) is 0 Å². The second-order valence-corrected chi connectivity index (χ2v) is 5.87. The number of aryl methyl sites for hydroxylation is 1. The number of sulfonamides is 1. The summed E-state index contributed by atoms with van der Waals surface area (Å²) in [6.45, 7) is -3.04. The summed E-state index contributed by atoms with van der Waals surface area (Å²) < 4.78 is 61.7. The van der Waals surface area contributed by atoms with Crippen LogP contribution in [0.1, 0.15) is 0 Å². The largest absolute Gasteiger partial charge is 0.478 e. The van der Waals surface area contributed by atoms with Crippen LogP contribution in [-0.4, -0.2) is 31.9 Å². The fraction of sp³-hybridized carbons (Fsp3) is 0.250. The lowest BCUT2D eigenvalue weighted by molar-refractivity contribution is -0.0499. The number of nitrogens with zero attached hydrogens (tertiary/aromatic N) is 2. The number of anilines is 1. The topological polar surface area (TPSA) is 82.5 Å². The van der Waals surface area contributed by atoms with E-state index in [0.717, 1.165) is 6.07 Å². The van der Waals surface area contributed by atoms with Gasteiger partial charge in [0, 0.05) is 13.1 Å². The van der Waals surface area contributed by atoms with Crippen molar-refractivity contribution >= 4 is 15.7 Å². The van der Waals surface area contributed by atoms with E-state index in [2.05, 4.69) is 14.6 Å². The Hall–Kier alpha value is -2.36. The Balaban J connectivity index is 2.30. The van der Waals surface area contributed by atoms with Crippen molar-refractivity contribution in [1.29, 1.82) is 0 Å². The number of halogens is 2. The highest BCUT2D eigenvalue weighted by atomic mass is 32.2. The molecule has 2 rings (SSSR count). The monoisotopic (exact) mass is 333 g/mol. The zero-order valence-corrected chi connectivity index (χ0v) is 12.5. The van der Waals surface area contributed by atoms with Crippen LogP contribution in [-0.2, 0) is 17.1 Å². The Morgan fingerprint density at radius 3 is 2.73 bits per heavy atom. The lowest BCUT2D eigenvalue weighted by Crippen LogP contribution is -2.13. The van der Waals surface area contributed by atoms with Crippen LogP contribution in [0.4, 0.5) is 14.5 Å². The van der Waals surface area contributed by atoms with Crippen molar-refractivity contribution in [3.63, 3.8) is 0 Å². The number of aromatic nitrogens is 2. The summed E-state index contributed by atoms with van der Waals surface area (Å²) in [5.41, 5.74) is 0.130. The van der Waals surface area contributed by atoms with Gasteiger partial charge >= 0.3 is 6.61 Å². The lowest BCUT2D eigenvalue weighted by atomic mass is 10.3. The van der Waals surface area contributed by atoms with E-state index in [9.17, 15) is 17.2 Å². The number of benzene rings is 1. The second kappa shape index (κ2) is 6.18. The van der Waals surface area contributed by atoms with Gasteiger partial charge in [0.15, 0.2) is 0 Å². The quantitative estimate of drug-likeness (QED) is 0.872. The molecule has 0 saturated carbocycles. The summed E-state index contributed by atoms with van der Waals surface area (Å²) in [5.74, 6) is -0.165. The molecule has 0 aliphatic carbocycles. The second-order valence-electron chi connectivity index (χ2n) is 4.18. The highest BCUT2D eigenvalue weighted by Crippen LogP contribution is 2.26. The van der Waals surface area contributed by atoms with Gasteiger partial charge in [-0.15, -0.1) is 5.10 Å². The van der Waals surface area contributed by atoms with Crippen LogP contribution in [0.3, 0.4) is 0 Å². The number of hydrogen-bond donors (Lipinski definition) is 1. The molecule has 0 amide bonds. The summed E-state index contributed by atoms with van der Waals surface area (Å²) in [7, 11) is -1.06. The Kier molecular flexibility index (Phi) is 4.50. The molecule has 10 heteroatoms. The summed E-state index contributed by atoms with van der Waals surface area (Å²) in [6, 6.07) is 4.78. The number of alkyl halides is 2. The van der Waals surface area contributed by atoms with E-state index in [1.165, 1.54) is 36.2 Å². The molecular weight excluding hydrogens is 320 g/mol. The molecule has 0 spiro atoms. The maximum absolute atomic E-state index is 12.3. The molecule has 7 nitrogen and oxygen atoms in total. The predicted molar refractivity (Wildman–Crippen MR) is 73.6 cm³/mol. The SMILES string of the molecule is COc1nn(C)cc1NS(=O)(=O)c1cccc(OC(F)F)c1. The first-order valence-corrected chi connectivity index (χ1v) is 7.45. The third-order valence-corrected chi connectivity index (χ3v) is 3.94. The van der Waals surface area contributed by atoms with Crippen LogP contribution in [0.5, 0.6) is 11.6 Å². The Labute approximate surface area is 125 Å². The fourth-order valence-electron chi connectivity index (χ4n) is 1.71. The molecule has 0 atom stereocenters. The molecule has 0 bridgehead atoms. The van der Waals surface area contributed by atoms with E-state index in [0.29, 0.717) is 0 Å². The molecule has 0 radical (unpaired) electrons. The molecule has 2 aromatic rings. The Bertz CT molecular complexity index is 761. The normalized spacial score (nSPS) is 11.5. The zero-order chi connectivity index (χ0) is 16.3. The van der Waals surface area contributed by atoms with Crippen LogP contribution < -0.4 is 14.2 Å². The van der Waals surface area contributed by atoms with Gasteiger partial charge in [-0.2, -0.15) is 8.78 Å². The number of hydrogen-bond acceptors (Lipinski definition) is 5. The number of ether oxygens (including phenoxy) is 2. The summed E-state index contributed by atoms with van der Waals surface area (Å²) in [4.78, 5) is -0.225. The molecule has 0 saturated heterocycles. The highest BCUT2D eigenvalue weighted by Gasteiger charge is 2.19. The fourth-order valence-corrected chi connectivity index (χ4v) is 2.79. The van der Waals surface area contributed by atoms with Crippen molar-refractivity contribution in [2.45, 2.75) is 11.5 Å². The lowest BCUT2D eigenvalue weighted by Gasteiger charge is -2.09. The van der Waals surface area contributed by atoms with Crippen LogP contribution in [0, 0.1) is 0 Å². The average molecular weight is 333 g/mol. The molecule has 0 aliphatic heterocycles. The van der Waals surface area contributed by atoms with Crippen LogP contribution in [0.2, 0.25) is 0 Å². The first-order chi connectivity index (χ1) is 10.3. The van der Waals surface area contributed by atoms with Crippen molar-refractivity contribution < 1.29 is 26.7 Å². The molecular formula is C12H13F2N3O4S. The minimum atomic E-state index is -4.00. The molecule has 1 aromatic carbocycles. The highest BCUT2D eigenvalue weighted by molar-refractivity contribution is 7.92. The maximum Gasteiger partial charge on any atom is 0.387 e. The van der Waals surface area contributed by atoms with Crippen molar-refractivity contribution in [3.8, 4) is 11.6 Å². The molecule has 0 fully saturated rings. The minimum absolute atomic E-state index is 0.0889. The van der Waals surface area contributed by atoms with E-state index in [1.54, 1.807) is 7.05 Å². The van der Waals surface area contributed by atoms with E-state index in [-0.39, 0.29) is 22.2 Å². The summed E-state index contributed by atoms with van der Waals surface area (Å²) in [5, 5.41) is 3.91. The molecule has 0 unspecified atom stereocenters. The van der Waals surface area contributed by atoms with E-state index in [4.69, 9.17) is 4.74 Å². The molecule has 0 aliphatic rings. The number of methoxy groups -OCH3 is 1. The number of rotatable bonds is 6.